The number of ether oxygens (including phenoxy) is 2. The van der Waals surface area contributed by atoms with E-state index in [1.807, 2.05) is 18.2 Å². The van der Waals surface area contributed by atoms with Crippen LogP contribution in [0.2, 0.25) is 5.02 Å². The molecule has 30 heavy (non-hydrogen) atoms. The molecule has 0 aliphatic carbocycles. The fourth-order valence-corrected chi connectivity index (χ4v) is 3.89. The number of hydrogen-bond acceptors (Lipinski definition) is 4. The van der Waals surface area contributed by atoms with Crippen LogP contribution < -0.4 is 20.1 Å². The second kappa shape index (κ2) is 9.26. The summed E-state index contributed by atoms with van der Waals surface area (Å²) in [5, 5.41) is 6.42. The van der Waals surface area contributed by atoms with Gasteiger partial charge in [-0.25, -0.2) is 4.79 Å². The molecule has 2 aliphatic heterocycles. The SMILES string of the molecule is O=C(CC1CCN(C(=O)Nc2cccc(Cl)c2)CC1)NCc1ccc2c(c1)OCO2. The first-order chi connectivity index (χ1) is 14.6. The van der Waals surface area contributed by atoms with Crippen LogP contribution in [0.3, 0.4) is 0 Å². The van der Waals surface area contributed by atoms with Crippen molar-refractivity contribution < 1.29 is 19.1 Å². The van der Waals surface area contributed by atoms with Crippen LogP contribution in [-0.4, -0.2) is 36.7 Å². The number of hydrogen-bond donors (Lipinski definition) is 2. The van der Waals surface area contributed by atoms with Gasteiger partial charge < -0.3 is 25.0 Å². The predicted molar refractivity (Wildman–Crippen MR) is 114 cm³/mol. The molecule has 1 fully saturated rings. The van der Waals surface area contributed by atoms with Gasteiger partial charge in [-0.05, 0) is 54.7 Å². The Balaban J connectivity index is 1.19. The number of rotatable bonds is 5. The highest BCUT2D eigenvalue weighted by Crippen LogP contribution is 2.32. The summed E-state index contributed by atoms with van der Waals surface area (Å²) in [5.74, 6) is 1.74. The molecule has 158 valence electrons. The number of amides is 3. The average molecular weight is 430 g/mol. The molecule has 4 rings (SSSR count). The van der Waals surface area contributed by atoms with Crippen LogP contribution in [0.1, 0.15) is 24.8 Å². The minimum Gasteiger partial charge on any atom is -0.454 e. The van der Waals surface area contributed by atoms with E-state index in [9.17, 15) is 9.59 Å². The van der Waals surface area contributed by atoms with Crippen molar-refractivity contribution in [2.24, 2.45) is 5.92 Å². The van der Waals surface area contributed by atoms with Crippen LogP contribution in [0.25, 0.3) is 0 Å². The van der Waals surface area contributed by atoms with Crippen molar-refractivity contribution in [2.75, 3.05) is 25.2 Å². The van der Waals surface area contributed by atoms with Gasteiger partial charge in [-0.2, -0.15) is 0 Å². The van der Waals surface area contributed by atoms with E-state index in [-0.39, 0.29) is 24.6 Å². The number of halogens is 1. The second-order valence-electron chi connectivity index (χ2n) is 7.54. The number of likely N-dealkylation sites (tertiary alicyclic amines) is 1. The summed E-state index contributed by atoms with van der Waals surface area (Å²) < 4.78 is 10.7. The fraction of sp³-hybridized carbons (Fsp3) is 0.364. The molecule has 3 amide bonds. The molecular weight excluding hydrogens is 406 g/mol. The molecular formula is C22H24ClN3O4. The van der Waals surface area contributed by atoms with Crippen LogP contribution >= 0.6 is 11.6 Å². The number of fused-ring (bicyclic) bond motifs is 1. The Morgan fingerprint density at radius 1 is 1.07 bits per heavy atom. The van der Waals surface area contributed by atoms with Crippen LogP contribution in [0.4, 0.5) is 10.5 Å². The number of piperidine rings is 1. The van der Waals surface area contributed by atoms with Gasteiger partial charge in [0.25, 0.3) is 0 Å². The Morgan fingerprint density at radius 2 is 1.87 bits per heavy atom. The van der Waals surface area contributed by atoms with Crippen molar-refractivity contribution >= 4 is 29.2 Å². The summed E-state index contributed by atoms with van der Waals surface area (Å²) in [6.07, 6.45) is 2.08. The molecule has 1 saturated heterocycles. The highest BCUT2D eigenvalue weighted by Gasteiger charge is 2.24. The standard InChI is InChI=1S/C22H24ClN3O4/c23-17-2-1-3-18(12-17)25-22(28)26-8-6-15(7-9-26)11-21(27)24-13-16-4-5-19-20(10-16)30-14-29-19/h1-5,10,12,15H,6-9,11,13-14H2,(H,24,27)(H,25,28). The number of carbonyl (C=O) groups excluding carboxylic acids is 2. The molecule has 8 heteroatoms. The molecule has 2 aliphatic rings. The van der Waals surface area contributed by atoms with Gasteiger partial charge in [0, 0.05) is 36.8 Å². The van der Waals surface area contributed by atoms with E-state index in [1.165, 1.54) is 0 Å². The average Bonchev–Trinajstić information content (AvgIpc) is 3.21. The van der Waals surface area contributed by atoms with Crippen LogP contribution in [0, 0.1) is 5.92 Å². The molecule has 2 N–H and O–H groups in total. The van der Waals surface area contributed by atoms with Gasteiger partial charge in [0.2, 0.25) is 12.7 Å². The van der Waals surface area contributed by atoms with Gasteiger partial charge in [-0.1, -0.05) is 23.7 Å². The van der Waals surface area contributed by atoms with Gasteiger partial charge in [-0.15, -0.1) is 0 Å². The lowest BCUT2D eigenvalue weighted by Gasteiger charge is -2.31. The molecule has 0 atom stereocenters. The van der Waals surface area contributed by atoms with Gasteiger partial charge in [0.1, 0.15) is 0 Å². The number of nitrogens with zero attached hydrogens (tertiary/aromatic N) is 1. The van der Waals surface area contributed by atoms with E-state index >= 15 is 0 Å². The quantitative estimate of drug-likeness (QED) is 0.752. The van der Waals surface area contributed by atoms with E-state index < -0.39 is 0 Å². The molecule has 0 radical (unpaired) electrons. The van der Waals surface area contributed by atoms with E-state index in [2.05, 4.69) is 10.6 Å². The fourth-order valence-electron chi connectivity index (χ4n) is 3.69. The monoisotopic (exact) mass is 429 g/mol. The van der Waals surface area contributed by atoms with Gasteiger partial charge >= 0.3 is 6.03 Å². The molecule has 0 saturated carbocycles. The van der Waals surface area contributed by atoms with E-state index in [0.29, 0.717) is 42.5 Å². The van der Waals surface area contributed by atoms with E-state index in [0.717, 1.165) is 24.2 Å². The van der Waals surface area contributed by atoms with Crippen LogP contribution in [-0.2, 0) is 11.3 Å². The number of carbonyl (C=O) groups is 2. The lowest BCUT2D eigenvalue weighted by Crippen LogP contribution is -2.41. The molecule has 0 bridgehead atoms. The largest absolute Gasteiger partial charge is 0.454 e. The molecule has 0 aromatic heterocycles. The third kappa shape index (κ3) is 5.16. The zero-order valence-corrected chi connectivity index (χ0v) is 17.3. The number of anilines is 1. The molecule has 0 unspecified atom stereocenters. The van der Waals surface area contributed by atoms with Gasteiger partial charge in [0.15, 0.2) is 11.5 Å². The maximum atomic E-state index is 12.4. The number of urea groups is 1. The normalized spacial score (nSPS) is 15.7. The topological polar surface area (TPSA) is 79.9 Å². The van der Waals surface area contributed by atoms with E-state index in [4.69, 9.17) is 21.1 Å². The second-order valence-corrected chi connectivity index (χ2v) is 7.98. The summed E-state index contributed by atoms with van der Waals surface area (Å²) >= 11 is 5.96. The van der Waals surface area contributed by atoms with Crippen molar-refractivity contribution in [3.63, 3.8) is 0 Å². The Hall–Kier alpha value is -2.93. The first kappa shape index (κ1) is 20.3. The predicted octanol–water partition coefficient (Wildman–Crippen LogP) is 4.02. The minimum atomic E-state index is -0.136. The van der Waals surface area contributed by atoms with Crippen molar-refractivity contribution in [1.82, 2.24) is 10.2 Å². The Bertz CT molecular complexity index is 928. The molecule has 2 aromatic rings. The molecule has 7 nitrogen and oxygen atoms in total. The number of benzene rings is 2. The summed E-state index contributed by atoms with van der Waals surface area (Å²) in [7, 11) is 0. The third-order valence-corrected chi connectivity index (χ3v) is 5.61. The lowest BCUT2D eigenvalue weighted by molar-refractivity contribution is -0.122. The Morgan fingerprint density at radius 3 is 2.67 bits per heavy atom. The van der Waals surface area contributed by atoms with Crippen molar-refractivity contribution in [1.29, 1.82) is 0 Å². The summed E-state index contributed by atoms with van der Waals surface area (Å²) in [4.78, 5) is 26.5. The smallest absolute Gasteiger partial charge is 0.321 e. The summed E-state index contributed by atoms with van der Waals surface area (Å²) in [6, 6.07) is 12.6. The van der Waals surface area contributed by atoms with Gasteiger partial charge in [0.05, 0.1) is 0 Å². The first-order valence-electron chi connectivity index (χ1n) is 10.0. The van der Waals surface area contributed by atoms with Crippen LogP contribution in [0.15, 0.2) is 42.5 Å². The van der Waals surface area contributed by atoms with Crippen molar-refractivity contribution in [3.05, 3.63) is 53.1 Å². The zero-order chi connectivity index (χ0) is 20.9. The lowest BCUT2D eigenvalue weighted by atomic mass is 9.93. The first-order valence-corrected chi connectivity index (χ1v) is 10.4. The zero-order valence-electron chi connectivity index (χ0n) is 16.5. The van der Waals surface area contributed by atoms with E-state index in [1.54, 1.807) is 29.2 Å². The number of nitrogens with one attached hydrogen (secondary N) is 2. The van der Waals surface area contributed by atoms with Crippen molar-refractivity contribution in [3.8, 4) is 11.5 Å². The Kier molecular flexibility index (Phi) is 6.28. The van der Waals surface area contributed by atoms with Crippen LogP contribution in [0.5, 0.6) is 11.5 Å². The third-order valence-electron chi connectivity index (χ3n) is 5.38. The van der Waals surface area contributed by atoms with Crippen molar-refractivity contribution in [2.45, 2.75) is 25.8 Å². The highest BCUT2D eigenvalue weighted by molar-refractivity contribution is 6.30. The maximum absolute atomic E-state index is 12.4. The molecule has 2 aromatic carbocycles. The van der Waals surface area contributed by atoms with Gasteiger partial charge in [-0.3, -0.25) is 4.79 Å². The summed E-state index contributed by atoms with van der Waals surface area (Å²) in [6.45, 7) is 1.95. The minimum absolute atomic E-state index is 0.0227. The summed E-state index contributed by atoms with van der Waals surface area (Å²) in [5.41, 5.74) is 1.65. The molecule has 2 heterocycles. The Labute approximate surface area is 180 Å². The highest BCUT2D eigenvalue weighted by atomic mass is 35.5. The maximum Gasteiger partial charge on any atom is 0.321 e. The molecule has 0 spiro atoms.